The highest BCUT2D eigenvalue weighted by Crippen LogP contribution is 2.51. The number of nitrogens with zero attached hydrogens (tertiary/aromatic N) is 1. The van der Waals surface area contributed by atoms with Gasteiger partial charge in [0.15, 0.2) is 11.5 Å². The van der Waals surface area contributed by atoms with Gasteiger partial charge in [0.25, 0.3) is 0 Å². The summed E-state index contributed by atoms with van der Waals surface area (Å²) in [5, 5.41) is 33.5. The third kappa shape index (κ3) is 5.14. The molecule has 5 rings (SSSR count). The summed E-state index contributed by atoms with van der Waals surface area (Å²) in [6.07, 6.45) is 1.94. The Kier molecular flexibility index (Phi) is 7.69. The minimum Gasteiger partial charge on any atom is -0.493 e. The topological polar surface area (TPSA) is 129 Å². The largest absolute Gasteiger partial charge is 0.493 e. The molecule has 2 aliphatic carbocycles. The molecule has 0 bridgehead atoms. The van der Waals surface area contributed by atoms with Crippen LogP contribution in [0.4, 0.5) is 0 Å². The number of hydrogen-bond acceptors (Lipinski definition) is 7. The van der Waals surface area contributed by atoms with E-state index >= 15 is 0 Å². The summed E-state index contributed by atoms with van der Waals surface area (Å²) in [6, 6.07) is 12.1. The lowest BCUT2D eigenvalue weighted by atomic mass is 9.77. The number of nitrogens with one attached hydrogen (secondary N) is 1. The van der Waals surface area contributed by atoms with E-state index in [1.165, 1.54) is 7.11 Å². The summed E-state index contributed by atoms with van der Waals surface area (Å²) in [7, 11) is 1.49. The van der Waals surface area contributed by atoms with Crippen molar-refractivity contribution in [3.05, 3.63) is 70.8 Å². The van der Waals surface area contributed by atoms with Gasteiger partial charge in [-0.15, -0.1) is 0 Å². The molecular formula is C29H34N2O7. The molecule has 0 saturated heterocycles. The molecule has 3 aliphatic rings. The van der Waals surface area contributed by atoms with E-state index in [9.17, 15) is 24.9 Å². The molecule has 0 spiro atoms. The fraction of sp³-hybridized carbons (Fsp3) is 0.448. The van der Waals surface area contributed by atoms with Gasteiger partial charge in [-0.25, -0.2) is 0 Å². The van der Waals surface area contributed by atoms with E-state index in [1.54, 1.807) is 23.1 Å². The molecule has 202 valence electrons. The van der Waals surface area contributed by atoms with Crippen molar-refractivity contribution in [2.24, 2.45) is 5.92 Å². The van der Waals surface area contributed by atoms with E-state index in [4.69, 9.17) is 9.47 Å². The summed E-state index contributed by atoms with van der Waals surface area (Å²) < 4.78 is 11.8. The number of aliphatic hydroxyl groups is 3. The monoisotopic (exact) mass is 522 g/mol. The number of carbonyl (C=O) groups excluding carboxylic acids is 2. The maximum Gasteiger partial charge on any atom is 0.247 e. The van der Waals surface area contributed by atoms with Gasteiger partial charge in [0.2, 0.25) is 11.8 Å². The lowest BCUT2D eigenvalue weighted by Crippen LogP contribution is -2.56. The smallest absolute Gasteiger partial charge is 0.247 e. The van der Waals surface area contributed by atoms with E-state index in [1.807, 2.05) is 30.3 Å². The van der Waals surface area contributed by atoms with Crippen molar-refractivity contribution in [3.63, 3.8) is 0 Å². The zero-order valence-electron chi connectivity index (χ0n) is 21.4. The van der Waals surface area contributed by atoms with E-state index in [0.717, 1.165) is 18.4 Å². The molecule has 4 atom stereocenters. The van der Waals surface area contributed by atoms with Crippen LogP contribution in [0.15, 0.2) is 54.1 Å². The predicted molar refractivity (Wildman–Crippen MR) is 139 cm³/mol. The number of rotatable bonds is 10. The lowest BCUT2D eigenvalue weighted by molar-refractivity contribution is -0.136. The van der Waals surface area contributed by atoms with Gasteiger partial charge < -0.3 is 35.0 Å². The van der Waals surface area contributed by atoms with Crippen LogP contribution in [0, 0.1) is 5.92 Å². The van der Waals surface area contributed by atoms with Crippen LogP contribution in [0.25, 0.3) is 0 Å². The highest BCUT2D eigenvalue weighted by molar-refractivity contribution is 5.96. The minimum atomic E-state index is -1.11. The standard InChI is InChI=1S/C29H34N2O7/c1-37-23-12-19(16-33)11-20-25-21(29(36)30-9-10-32)14-22(26(35)28(25)38-27(20)23)31(15-18-7-8-18)24(34)13-17-5-3-2-4-6-17/h2-6,11-12,14,18,22,25-26,28,32-33,35H,7-10,13,15-16H2,1H3,(H,30,36)/t22-,25+,26+,28+/m1/s1. The molecule has 0 unspecified atom stereocenters. The van der Waals surface area contributed by atoms with E-state index in [0.29, 0.717) is 40.7 Å². The van der Waals surface area contributed by atoms with E-state index in [2.05, 4.69) is 5.32 Å². The van der Waals surface area contributed by atoms with Gasteiger partial charge in [0, 0.05) is 24.2 Å². The summed E-state index contributed by atoms with van der Waals surface area (Å²) in [5.74, 6) is -0.0133. The van der Waals surface area contributed by atoms with Gasteiger partial charge in [-0.2, -0.15) is 0 Å². The van der Waals surface area contributed by atoms with Crippen LogP contribution in [0.2, 0.25) is 0 Å². The summed E-state index contributed by atoms with van der Waals surface area (Å²) in [4.78, 5) is 28.7. The number of aliphatic hydroxyl groups excluding tert-OH is 3. The number of carbonyl (C=O) groups is 2. The third-order valence-corrected chi connectivity index (χ3v) is 7.53. The Hall–Kier alpha value is -3.40. The molecule has 9 nitrogen and oxygen atoms in total. The maximum atomic E-state index is 13.6. The Morgan fingerprint density at radius 1 is 1.13 bits per heavy atom. The molecule has 38 heavy (non-hydrogen) atoms. The third-order valence-electron chi connectivity index (χ3n) is 7.53. The molecule has 9 heteroatoms. The Labute approximate surface area is 221 Å². The molecule has 0 aromatic heterocycles. The first kappa shape index (κ1) is 26.2. The zero-order valence-corrected chi connectivity index (χ0v) is 21.4. The van der Waals surface area contributed by atoms with Crippen LogP contribution in [0.5, 0.6) is 11.5 Å². The highest BCUT2D eigenvalue weighted by Gasteiger charge is 2.51. The van der Waals surface area contributed by atoms with Crippen LogP contribution in [-0.2, 0) is 22.6 Å². The van der Waals surface area contributed by atoms with Crippen molar-refractivity contribution < 1.29 is 34.4 Å². The molecular weight excluding hydrogens is 488 g/mol. The molecule has 2 amide bonds. The first-order valence-electron chi connectivity index (χ1n) is 13.1. The number of fused-ring (bicyclic) bond motifs is 3. The molecule has 1 aliphatic heterocycles. The van der Waals surface area contributed by atoms with Crippen LogP contribution < -0.4 is 14.8 Å². The second-order valence-corrected chi connectivity index (χ2v) is 10.2. The van der Waals surface area contributed by atoms with Crippen LogP contribution in [0.3, 0.4) is 0 Å². The highest BCUT2D eigenvalue weighted by atomic mass is 16.5. The zero-order chi connectivity index (χ0) is 26.8. The van der Waals surface area contributed by atoms with Gasteiger partial charge in [0.05, 0.1) is 38.7 Å². The van der Waals surface area contributed by atoms with Crippen LogP contribution in [-0.4, -0.2) is 77.1 Å². The maximum absolute atomic E-state index is 13.6. The Morgan fingerprint density at radius 3 is 2.55 bits per heavy atom. The van der Waals surface area contributed by atoms with Gasteiger partial charge in [-0.3, -0.25) is 9.59 Å². The second-order valence-electron chi connectivity index (χ2n) is 10.2. The van der Waals surface area contributed by atoms with Crippen molar-refractivity contribution in [2.75, 3.05) is 26.8 Å². The fourth-order valence-electron chi connectivity index (χ4n) is 5.46. The number of hydrogen-bond donors (Lipinski definition) is 4. The van der Waals surface area contributed by atoms with Crippen molar-refractivity contribution in [2.45, 2.75) is 50.0 Å². The first-order valence-corrected chi connectivity index (χ1v) is 13.1. The first-order chi connectivity index (χ1) is 18.4. The van der Waals surface area contributed by atoms with Crippen LogP contribution in [0.1, 0.15) is 35.4 Å². The van der Waals surface area contributed by atoms with Crippen molar-refractivity contribution in [3.8, 4) is 11.5 Å². The Morgan fingerprint density at radius 2 is 1.89 bits per heavy atom. The Balaban J connectivity index is 1.55. The van der Waals surface area contributed by atoms with Crippen molar-refractivity contribution in [1.29, 1.82) is 0 Å². The second kappa shape index (κ2) is 11.1. The fourth-order valence-corrected chi connectivity index (χ4v) is 5.46. The summed E-state index contributed by atoms with van der Waals surface area (Å²) >= 11 is 0. The predicted octanol–water partition coefficient (Wildman–Crippen LogP) is 1.29. The van der Waals surface area contributed by atoms with Crippen molar-refractivity contribution in [1.82, 2.24) is 10.2 Å². The van der Waals surface area contributed by atoms with Gasteiger partial charge in [-0.1, -0.05) is 30.3 Å². The van der Waals surface area contributed by atoms with Gasteiger partial charge in [0.1, 0.15) is 12.2 Å². The van der Waals surface area contributed by atoms with Gasteiger partial charge in [-0.05, 0) is 48.1 Å². The molecule has 1 heterocycles. The average molecular weight is 523 g/mol. The summed E-state index contributed by atoms with van der Waals surface area (Å²) in [5.41, 5.74) is 2.44. The molecule has 1 fully saturated rings. The quantitative estimate of drug-likeness (QED) is 0.370. The molecule has 1 saturated carbocycles. The minimum absolute atomic E-state index is 0.0627. The number of benzene rings is 2. The van der Waals surface area contributed by atoms with Crippen molar-refractivity contribution >= 4 is 11.8 Å². The number of ether oxygens (including phenoxy) is 2. The SMILES string of the molecule is COc1cc(CO)cc2c1O[C@@H]1[C@@H](O)[C@H](N(CC3CC3)C(=O)Cc3ccccc3)C=C(C(=O)NCCO)[C@H]21. The normalized spacial score (nSPS) is 23.5. The summed E-state index contributed by atoms with van der Waals surface area (Å²) in [6.45, 7) is 0.0915. The molecule has 2 aromatic rings. The van der Waals surface area contributed by atoms with E-state index in [-0.39, 0.29) is 32.1 Å². The number of methoxy groups -OCH3 is 1. The average Bonchev–Trinajstić information content (AvgIpc) is 3.68. The van der Waals surface area contributed by atoms with E-state index < -0.39 is 30.1 Å². The Bertz CT molecular complexity index is 1210. The van der Waals surface area contributed by atoms with Gasteiger partial charge >= 0.3 is 0 Å². The molecule has 0 radical (unpaired) electrons. The molecule has 4 N–H and O–H groups in total. The molecule has 2 aromatic carbocycles. The lowest BCUT2D eigenvalue weighted by Gasteiger charge is -2.41. The number of amides is 2. The van der Waals surface area contributed by atoms with Crippen LogP contribution >= 0.6 is 0 Å².